The molecule has 0 spiro atoms. The summed E-state index contributed by atoms with van der Waals surface area (Å²) in [6.07, 6.45) is 2.38. The van der Waals surface area contributed by atoms with Crippen LogP contribution in [0.5, 0.6) is 0 Å². The first kappa shape index (κ1) is 14.1. The number of nitrogens with one attached hydrogen (secondary N) is 1. The third-order valence-corrected chi connectivity index (χ3v) is 3.82. The van der Waals surface area contributed by atoms with Gasteiger partial charge in [0, 0.05) is 23.0 Å². The van der Waals surface area contributed by atoms with Crippen LogP contribution in [0.25, 0.3) is 0 Å². The van der Waals surface area contributed by atoms with Crippen molar-refractivity contribution in [2.24, 2.45) is 0 Å². The van der Waals surface area contributed by atoms with Gasteiger partial charge in [-0.15, -0.1) is 0 Å². The molecule has 0 saturated carbocycles. The summed E-state index contributed by atoms with van der Waals surface area (Å²) in [5.74, 6) is 0.0385. The van der Waals surface area contributed by atoms with Crippen molar-refractivity contribution < 1.29 is 9.90 Å². The normalized spacial score (nSPS) is 20.2. The third-order valence-electron chi connectivity index (χ3n) is 3.82. The van der Waals surface area contributed by atoms with E-state index in [1.54, 1.807) is 0 Å². The largest absolute Gasteiger partial charge is 0.388 e. The second-order valence-corrected chi connectivity index (χ2v) is 5.81. The fraction of sp³-hybridized carbons (Fsp3) is 0.667. The minimum absolute atomic E-state index is 0.0385. The predicted octanol–water partition coefficient (Wildman–Crippen LogP) is 2.25. The summed E-state index contributed by atoms with van der Waals surface area (Å²) < 4.78 is 2.08. The zero-order chi connectivity index (χ0) is 14.2. The van der Waals surface area contributed by atoms with Gasteiger partial charge in [0.1, 0.15) is 6.04 Å². The van der Waals surface area contributed by atoms with E-state index in [4.69, 9.17) is 0 Å². The topological polar surface area (TPSA) is 54.3 Å². The third kappa shape index (κ3) is 2.68. The first-order valence-electron chi connectivity index (χ1n) is 7.10. The van der Waals surface area contributed by atoms with Crippen LogP contribution in [-0.4, -0.2) is 21.6 Å². The summed E-state index contributed by atoms with van der Waals surface area (Å²) in [4.78, 5) is 12.2. The standard InChI is InChI=1S/C15H24N2O2/c1-9(2)16-15(19)11(4)17-10(3)8-12-13(17)6-5-7-14(12)18/h8-9,11,14,18H,5-7H2,1-4H3,(H,16,19). The lowest BCUT2D eigenvalue weighted by atomic mass is 9.95. The van der Waals surface area contributed by atoms with E-state index in [0.29, 0.717) is 0 Å². The Kier molecular flexibility index (Phi) is 3.99. The SMILES string of the molecule is Cc1cc2c(n1C(C)C(=O)NC(C)C)CCCC2O. The molecule has 2 rings (SSSR count). The summed E-state index contributed by atoms with van der Waals surface area (Å²) in [6, 6.07) is 1.95. The van der Waals surface area contributed by atoms with Gasteiger partial charge in [0.2, 0.25) is 5.91 Å². The Morgan fingerprint density at radius 1 is 1.47 bits per heavy atom. The Morgan fingerprint density at radius 2 is 2.16 bits per heavy atom. The van der Waals surface area contributed by atoms with Gasteiger partial charge in [-0.1, -0.05) is 0 Å². The van der Waals surface area contributed by atoms with E-state index in [9.17, 15) is 9.90 Å². The van der Waals surface area contributed by atoms with Gasteiger partial charge in [0.05, 0.1) is 6.10 Å². The van der Waals surface area contributed by atoms with E-state index in [-0.39, 0.29) is 24.1 Å². The summed E-state index contributed by atoms with van der Waals surface area (Å²) in [5.41, 5.74) is 3.19. The maximum Gasteiger partial charge on any atom is 0.242 e. The molecular weight excluding hydrogens is 240 g/mol. The molecule has 0 bridgehead atoms. The van der Waals surface area contributed by atoms with Crippen molar-refractivity contribution in [2.75, 3.05) is 0 Å². The second-order valence-electron chi connectivity index (χ2n) is 5.81. The first-order chi connectivity index (χ1) is 8.91. The lowest BCUT2D eigenvalue weighted by molar-refractivity contribution is -0.124. The number of carbonyl (C=O) groups is 1. The fourth-order valence-electron chi connectivity index (χ4n) is 2.96. The zero-order valence-corrected chi connectivity index (χ0v) is 12.2. The van der Waals surface area contributed by atoms with Crippen LogP contribution in [0.4, 0.5) is 0 Å². The highest BCUT2D eigenvalue weighted by atomic mass is 16.3. The van der Waals surface area contributed by atoms with Crippen LogP contribution in [-0.2, 0) is 11.2 Å². The van der Waals surface area contributed by atoms with Crippen LogP contribution in [0.2, 0.25) is 0 Å². The van der Waals surface area contributed by atoms with Crippen molar-refractivity contribution >= 4 is 5.91 Å². The van der Waals surface area contributed by atoms with Crippen LogP contribution in [0.15, 0.2) is 6.07 Å². The molecule has 0 radical (unpaired) electrons. The van der Waals surface area contributed by atoms with E-state index >= 15 is 0 Å². The van der Waals surface area contributed by atoms with E-state index in [1.807, 2.05) is 33.8 Å². The Morgan fingerprint density at radius 3 is 2.79 bits per heavy atom. The lowest BCUT2D eigenvalue weighted by Crippen LogP contribution is -2.36. The van der Waals surface area contributed by atoms with E-state index in [1.165, 1.54) is 0 Å². The maximum absolute atomic E-state index is 12.2. The molecule has 19 heavy (non-hydrogen) atoms. The van der Waals surface area contributed by atoms with Gasteiger partial charge < -0.3 is 15.0 Å². The highest BCUT2D eigenvalue weighted by Crippen LogP contribution is 2.33. The second kappa shape index (κ2) is 5.37. The molecule has 1 aromatic rings. The monoisotopic (exact) mass is 264 g/mol. The quantitative estimate of drug-likeness (QED) is 0.879. The molecule has 4 nitrogen and oxygen atoms in total. The Balaban J connectivity index is 2.32. The number of aliphatic hydroxyl groups excluding tert-OH is 1. The molecule has 1 aliphatic carbocycles. The highest BCUT2D eigenvalue weighted by Gasteiger charge is 2.27. The molecule has 0 aromatic carbocycles. The van der Waals surface area contributed by atoms with Gasteiger partial charge in [-0.3, -0.25) is 4.79 Å². The molecule has 4 heteroatoms. The number of hydrogen-bond acceptors (Lipinski definition) is 2. The predicted molar refractivity (Wildman–Crippen MR) is 75.1 cm³/mol. The molecule has 1 amide bonds. The van der Waals surface area contributed by atoms with Crippen LogP contribution in [0.3, 0.4) is 0 Å². The fourth-order valence-corrected chi connectivity index (χ4v) is 2.96. The minimum Gasteiger partial charge on any atom is -0.388 e. The van der Waals surface area contributed by atoms with E-state index in [0.717, 1.165) is 36.2 Å². The van der Waals surface area contributed by atoms with Crippen molar-refractivity contribution in [3.05, 3.63) is 23.0 Å². The number of fused-ring (bicyclic) bond motifs is 1. The number of rotatable bonds is 3. The van der Waals surface area contributed by atoms with Crippen molar-refractivity contribution in [1.82, 2.24) is 9.88 Å². The highest BCUT2D eigenvalue weighted by molar-refractivity contribution is 5.80. The lowest BCUT2D eigenvalue weighted by Gasteiger charge is -2.24. The number of carbonyl (C=O) groups excluding carboxylic acids is 1. The molecular formula is C15H24N2O2. The van der Waals surface area contributed by atoms with Gasteiger partial charge >= 0.3 is 0 Å². The molecule has 2 unspecified atom stereocenters. The number of aryl methyl sites for hydroxylation is 1. The van der Waals surface area contributed by atoms with Gasteiger partial charge in [-0.2, -0.15) is 0 Å². The minimum atomic E-state index is -0.371. The van der Waals surface area contributed by atoms with Crippen molar-refractivity contribution in [1.29, 1.82) is 0 Å². The zero-order valence-electron chi connectivity index (χ0n) is 12.2. The molecule has 0 saturated heterocycles. The summed E-state index contributed by atoms with van der Waals surface area (Å²) in [6.45, 7) is 7.86. The molecule has 0 aliphatic heterocycles. The number of amides is 1. The number of aromatic nitrogens is 1. The van der Waals surface area contributed by atoms with Crippen LogP contribution in [0.1, 0.15) is 62.7 Å². The van der Waals surface area contributed by atoms with Gasteiger partial charge in [0.15, 0.2) is 0 Å². The molecule has 1 heterocycles. The number of hydrogen-bond donors (Lipinski definition) is 2. The van der Waals surface area contributed by atoms with Gasteiger partial charge in [-0.25, -0.2) is 0 Å². The molecule has 0 fully saturated rings. The van der Waals surface area contributed by atoms with Crippen LogP contribution >= 0.6 is 0 Å². The Labute approximate surface area is 114 Å². The summed E-state index contributed by atoms with van der Waals surface area (Å²) in [7, 11) is 0. The van der Waals surface area contributed by atoms with Crippen LogP contribution < -0.4 is 5.32 Å². The summed E-state index contributed by atoms with van der Waals surface area (Å²) in [5, 5.41) is 13.0. The first-order valence-corrected chi connectivity index (χ1v) is 7.10. The summed E-state index contributed by atoms with van der Waals surface area (Å²) >= 11 is 0. The Hall–Kier alpha value is -1.29. The van der Waals surface area contributed by atoms with Crippen molar-refractivity contribution in [3.8, 4) is 0 Å². The molecule has 1 aliphatic rings. The number of aliphatic hydroxyl groups is 1. The van der Waals surface area contributed by atoms with Crippen molar-refractivity contribution in [2.45, 2.75) is 65.1 Å². The van der Waals surface area contributed by atoms with Gasteiger partial charge in [-0.05, 0) is 53.0 Å². The van der Waals surface area contributed by atoms with Crippen LogP contribution in [0, 0.1) is 6.92 Å². The maximum atomic E-state index is 12.2. The molecule has 2 N–H and O–H groups in total. The van der Waals surface area contributed by atoms with E-state index < -0.39 is 0 Å². The molecule has 106 valence electrons. The smallest absolute Gasteiger partial charge is 0.242 e. The molecule has 2 atom stereocenters. The molecule has 1 aromatic heterocycles. The number of nitrogens with zero attached hydrogens (tertiary/aromatic N) is 1. The van der Waals surface area contributed by atoms with E-state index in [2.05, 4.69) is 9.88 Å². The van der Waals surface area contributed by atoms with Crippen molar-refractivity contribution in [3.63, 3.8) is 0 Å². The average molecular weight is 264 g/mol. The average Bonchev–Trinajstić information content (AvgIpc) is 2.65. The van der Waals surface area contributed by atoms with Gasteiger partial charge in [0.25, 0.3) is 0 Å². The Bertz CT molecular complexity index is 477.